The Labute approximate surface area is 254 Å². The second-order valence-electron chi connectivity index (χ2n) is 10.0. The maximum absolute atomic E-state index is 13.2. The first-order chi connectivity index (χ1) is 20.3. The molecule has 5 rings (SSSR count). The number of hydrogen-bond acceptors (Lipinski definition) is 7. The van der Waals surface area contributed by atoms with Crippen LogP contribution in [0.2, 0.25) is 5.02 Å². The van der Waals surface area contributed by atoms with Gasteiger partial charge in [-0.05, 0) is 67.1 Å². The van der Waals surface area contributed by atoms with E-state index in [0.717, 1.165) is 33.5 Å². The van der Waals surface area contributed by atoms with Gasteiger partial charge in [0.25, 0.3) is 11.1 Å². The van der Waals surface area contributed by atoms with Crippen LogP contribution in [0.3, 0.4) is 0 Å². The lowest BCUT2D eigenvalue weighted by Crippen LogP contribution is -2.51. The molecule has 218 valence electrons. The van der Waals surface area contributed by atoms with E-state index in [1.165, 1.54) is 0 Å². The molecule has 10 heteroatoms. The molecule has 0 saturated carbocycles. The highest BCUT2D eigenvalue weighted by atomic mass is 35.5. The zero-order valence-electron chi connectivity index (χ0n) is 23.5. The number of piperazine rings is 1. The van der Waals surface area contributed by atoms with Crippen LogP contribution in [0.5, 0.6) is 11.5 Å². The van der Waals surface area contributed by atoms with Crippen molar-refractivity contribution in [3.05, 3.63) is 93.3 Å². The van der Waals surface area contributed by atoms with Crippen LogP contribution in [0.25, 0.3) is 6.08 Å². The van der Waals surface area contributed by atoms with Crippen LogP contribution >= 0.6 is 23.4 Å². The summed E-state index contributed by atoms with van der Waals surface area (Å²) in [6.07, 6.45) is 1.59. The zero-order chi connectivity index (χ0) is 29.6. The van der Waals surface area contributed by atoms with Gasteiger partial charge in [0.15, 0.2) is 11.5 Å². The molecule has 42 heavy (non-hydrogen) atoms. The van der Waals surface area contributed by atoms with Gasteiger partial charge in [0.2, 0.25) is 5.91 Å². The largest absolute Gasteiger partial charge is 0.490 e. The number of hydrogen-bond donors (Lipinski definition) is 0. The smallest absolute Gasteiger partial charge is 0.294 e. The van der Waals surface area contributed by atoms with Crippen molar-refractivity contribution in [2.75, 3.05) is 44.2 Å². The van der Waals surface area contributed by atoms with Crippen molar-refractivity contribution in [3.63, 3.8) is 0 Å². The Morgan fingerprint density at radius 2 is 1.69 bits per heavy atom. The molecule has 3 amide bonds. The summed E-state index contributed by atoms with van der Waals surface area (Å²) in [5.41, 5.74) is 3.84. The van der Waals surface area contributed by atoms with Crippen LogP contribution in [0.1, 0.15) is 23.6 Å². The minimum Gasteiger partial charge on any atom is -0.490 e. The number of benzene rings is 3. The van der Waals surface area contributed by atoms with Crippen molar-refractivity contribution in [2.45, 2.75) is 20.5 Å². The number of thioether (sulfide) groups is 1. The summed E-state index contributed by atoms with van der Waals surface area (Å²) in [5.74, 6) is 0.0905. The van der Waals surface area contributed by atoms with E-state index in [9.17, 15) is 14.4 Å². The lowest BCUT2D eigenvalue weighted by molar-refractivity contribution is -0.136. The summed E-state index contributed by atoms with van der Waals surface area (Å²) in [6, 6.07) is 21.4. The maximum atomic E-state index is 13.2. The van der Waals surface area contributed by atoms with E-state index in [2.05, 4.69) is 4.90 Å². The fourth-order valence-corrected chi connectivity index (χ4v) is 5.90. The highest BCUT2D eigenvalue weighted by molar-refractivity contribution is 8.18. The Balaban J connectivity index is 1.24. The number of para-hydroxylation sites is 1. The van der Waals surface area contributed by atoms with Gasteiger partial charge in [-0.25, -0.2) is 0 Å². The molecule has 2 fully saturated rings. The van der Waals surface area contributed by atoms with E-state index in [1.54, 1.807) is 23.1 Å². The molecule has 2 saturated heterocycles. The van der Waals surface area contributed by atoms with Gasteiger partial charge in [-0.15, -0.1) is 0 Å². The number of amides is 3. The van der Waals surface area contributed by atoms with Gasteiger partial charge in [-0.3, -0.25) is 19.3 Å². The van der Waals surface area contributed by atoms with Crippen molar-refractivity contribution in [1.29, 1.82) is 0 Å². The number of carbonyl (C=O) groups excluding carboxylic acids is 3. The fourth-order valence-electron chi connectivity index (χ4n) is 4.79. The Bertz CT molecular complexity index is 1490. The molecule has 0 aliphatic carbocycles. The van der Waals surface area contributed by atoms with Gasteiger partial charge < -0.3 is 19.3 Å². The first-order valence-electron chi connectivity index (χ1n) is 13.8. The number of nitrogens with zero attached hydrogens (tertiary/aromatic N) is 3. The van der Waals surface area contributed by atoms with Gasteiger partial charge in [0.1, 0.15) is 13.2 Å². The molecule has 2 aliphatic heterocycles. The molecule has 0 aromatic heterocycles. The van der Waals surface area contributed by atoms with Crippen molar-refractivity contribution in [3.8, 4) is 11.5 Å². The second kappa shape index (κ2) is 13.4. The van der Waals surface area contributed by atoms with E-state index in [4.69, 9.17) is 21.1 Å². The molecule has 0 atom stereocenters. The summed E-state index contributed by atoms with van der Waals surface area (Å²) >= 11 is 7.39. The molecule has 2 aliphatic rings. The van der Waals surface area contributed by atoms with E-state index in [0.29, 0.717) is 61.5 Å². The van der Waals surface area contributed by atoms with E-state index >= 15 is 0 Å². The molecule has 0 radical (unpaired) electrons. The van der Waals surface area contributed by atoms with Crippen LogP contribution in [-0.4, -0.2) is 66.2 Å². The first kappa shape index (κ1) is 29.5. The Kier molecular flexibility index (Phi) is 9.39. The van der Waals surface area contributed by atoms with Gasteiger partial charge >= 0.3 is 0 Å². The standard InChI is InChI=1S/C32H32ClN3O5S/c1-3-40-27-18-24(17-26(33)30(27)41-21-23-11-9-22(2)10-12-23)19-28-31(38)36(32(39)42-28)20-29(37)35-15-13-34(14-16-35)25-7-5-4-6-8-25/h4-12,17-19H,3,13-16,20-21H2,1-2H3/b28-19+. The van der Waals surface area contributed by atoms with Gasteiger partial charge in [0, 0.05) is 31.9 Å². The SMILES string of the molecule is CCOc1cc(/C=C2/SC(=O)N(CC(=O)N3CCN(c4ccccc4)CC3)C2=O)cc(Cl)c1OCc1ccc(C)cc1. The third-order valence-electron chi connectivity index (χ3n) is 7.05. The maximum Gasteiger partial charge on any atom is 0.294 e. The molecule has 0 spiro atoms. The molecule has 3 aromatic rings. The zero-order valence-corrected chi connectivity index (χ0v) is 25.1. The second-order valence-corrected chi connectivity index (χ2v) is 11.4. The van der Waals surface area contributed by atoms with Crippen LogP contribution in [-0.2, 0) is 16.2 Å². The van der Waals surface area contributed by atoms with Crippen molar-refractivity contribution < 1.29 is 23.9 Å². The number of rotatable bonds is 9. The molecule has 2 heterocycles. The Morgan fingerprint density at radius 1 is 0.976 bits per heavy atom. The number of carbonyl (C=O) groups is 3. The lowest BCUT2D eigenvalue weighted by Gasteiger charge is -2.36. The molecule has 0 N–H and O–H groups in total. The summed E-state index contributed by atoms with van der Waals surface area (Å²) in [4.78, 5) is 44.1. The molecular weight excluding hydrogens is 574 g/mol. The molecular formula is C32H32ClN3O5S. The highest BCUT2D eigenvalue weighted by Crippen LogP contribution is 2.39. The average Bonchev–Trinajstić information content (AvgIpc) is 3.25. The Morgan fingerprint density at radius 3 is 2.38 bits per heavy atom. The predicted molar refractivity (Wildman–Crippen MR) is 166 cm³/mol. The Hall–Kier alpha value is -3.95. The fraction of sp³-hybridized carbons (Fsp3) is 0.281. The van der Waals surface area contributed by atoms with Crippen LogP contribution in [0.4, 0.5) is 10.5 Å². The lowest BCUT2D eigenvalue weighted by atomic mass is 10.1. The van der Waals surface area contributed by atoms with Crippen LogP contribution < -0.4 is 14.4 Å². The molecule has 8 nitrogen and oxygen atoms in total. The summed E-state index contributed by atoms with van der Waals surface area (Å²) in [5, 5.41) is -0.153. The summed E-state index contributed by atoms with van der Waals surface area (Å²) in [6.45, 7) is 6.71. The van der Waals surface area contributed by atoms with Crippen molar-refractivity contribution in [2.24, 2.45) is 0 Å². The highest BCUT2D eigenvalue weighted by Gasteiger charge is 2.37. The summed E-state index contributed by atoms with van der Waals surface area (Å²) < 4.78 is 11.8. The van der Waals surface area contributed by atoms with Crippen molar-refractivity contribution >= 4 is 52.2 Å². The number of anilines is 1. The normalized spacial score (nSPS) is 16.4. The molecule has 0 bridgehead atoms. The van der Waals surface area contributed by atoms with Crippen LogP contribution in [0, 0.1) is 6.92 Å². The topological polar surface area (TPSA) is 79.4 Å². The quantitative estimate of drug-likeness (QED) is 0.276. The minimum atomic E-state index is -0.505. The van der Waals surface area contributed by atoms with E-state index in [1.807, 2.05) is 68.4 Å². The third kappa shape index (κ3) is 6.91. The number of imide groups is 1. The van der Waals surface area contributed by atoms with E-state index in [-0.39, 0.29) is 17.4 Å². The molecule has 3 aromatic carbocycles. The predicted octanol–water partition coefficient (Wildman–Crippen LogP) is 6.01. The summed E-state index contributed by atoms with van der Waals surface area (Å²) in [7, 11) is 0. The van der Waals surface area contributed by atoms with Gasteiger partial charge in [-0.1, -0.05) is 59.6 Å². The number of ether oxygens (including phenoxy) is 2. The average molecular weight is 606 g/mol. The van der Waals surface area contributed by atoms with Gasteiger partial charge in [-0.2, -0.15) is 0 Å². The van der Waals surface area contributed by atoms with E-state index < -0.39 is 11.1 Å². The minimum absolute atomic E-state index is 0.216. The van der Waals surface area contributed by atoms with Crippen LogP contribution in [0.15, 0.2) is 71.6 Å². The number of halogens is 1. The first-order valence-corrected chi connectivity index (χ1v) is 15.0. The monoisotopic (exact) mass is 605 g/mol. The third-order valence-corrected chi connectivity index (χ3v) is 8.24. The van der Waals surface area contributed by atoms with Gasteiger partial charge in [0.05, 0.1) is 16.5 Å². The number of aryl methyl sites for hydroxylation is 1. The van der Waals surface area contributed by atoms with Crippen molar-refractivity contribution in [1.82, 2.24) is 9.80 Å². The molecule has 0 unspecified atom stereocenters.